The van der Waals surface area contributed by atoms with Gasteiger partial charge in [-0.2, -0.15) is 0 Å². The largest absolute Gasteiger partial charge is 0.255 e. The minimum absolute atomic E-state index is 0.124. The molecule has 1 heteroatoms. The van der Waals surface area contributed by atoms with Crippen molar-refractivity contribution >= 4 is 6.72 Å². The van der Waals surface area contributed by atoms with Gasteiger partial charge in [-0.3, -0.25) is 4.58 Å². The number of rotatable bonds is 2. The highest BCUT2D eigenvalue weighted by Gasteiger charge is 2.23. The molecule has 1 heterocycles. The minimum atomic E-state index is 0.124. The summed E-state index contributed by atoms with van der Waals surface area (Å²) < 4.78 is 2.00. The average molecular weight is 315 g/mol. The van der Waals surface area contributed by atoms with Crippen molar-refractivity contribution in [2.45, 2.75) is 27.7 Å². The summed E-state index contributed by atoms with van der Waals surface area (Å²) in [4.78, 5) is 0. The molecule has 0 N–H and O–H groups in total. The van der Waals surface area contributed by atoms with Crippen LogP contribution < -0.4 is 0 Å². The molecule has 0 amide bonds. The Labute approximate surface area is 145 Å². The molecule has 0 spiro atoms. The fourth-order valence-corrected chi connectivity index (χ4v) is 2.94. The van der Waals surface area contributed by atoms with E-state index in [1.165, 1.54) is 27.8 Å². The Morgan fingerprint density at radius 3 is 2.29 bits per heavy atom. The Morgan fingerprint density at radius 2 is 1.67 bits per heavy atom. The minimum Gasteiger partial charge on any atom is -0.255 e. The zero-order valence-electron chi connectivity index (χ0n) is 15.0. The Hall–Kier alpha value is -2.54. The van der Waals surface area contributed by atoms with Crippen molar-refractivity contribution in [3.63, 3.8) is 0 Å². The van der Waals surface area contributed by atoms with Gasteiger partial charge in [0.2, 0.25) is 0 Å². The second-order valence-corrected chi connectivity index (χ2v) is 7.42. The number of allylic oxidation sites excluding steroid dienone is 2. The number of hydrogen-bond acceptors (Lipinski definition) is 0. The Balaban J connectivity index is 1.98. The van der Waals surface area contributed by atoms with Crippen molar-refractivity contribution in [2.24, 2.45) is 5.41 Å². The number of aryl methyl sites for hydroxylation is 1. The van der Waals surface area contributed by atoms with Crippen molar-refractivity contribution < 1.29 is 4.58 Å². The number of nitrogens with zero attached hydrogens (tertiary/aromatic N) is 1. The SMILES string of the molecule is C=[N+]1C=C(C(C)(C)C)C=C[C-]1c1cc(-c2ccccc2)ccc1C. The van der Waals surface area contributed by atoms with E-state index >= 15 is 0 Å². The molecule has 1 nitrogen and oxygen atoms in total. The van der Waals surface area contributed by atoms with E-state index in [-0.39, 0.29) is 5.41 Å². The molecule has 1 aliphatic rings. The van der Waals surface area contributed by atoms with Gasteiger partial charge < -0.3 is 0 Å². The maximum absolute atomic E-state index is 4.23. The van der Waals surface area contributed by atoms with Crippen LogP contribution in [0.3, 0.4) is 0 Å². The highest BCUT2D eigenvalue weighted by atomic mass is 15.0. The molecule has 122 valence electrons. The first kappa shape index (κ1) is 16.3. The molecule has 0 bridgehead atoms. The predicted octanol–water partition coefficient (Wildman–Crippen LogP) is 5.76. The smallest absolute Gasteiger partial charge is 0.147 e. The van der Waals surface area contributed by atoms with Gasteiger partial charge in [0.25, 0.3) is 0 Å². The van der Waals surface area contributed by atoms with Crippen molar-refractivity contribution in [1.29, 1.82) is 0 Å². The summed E-state index contributed by atoms with van der Waals surface area (Å²) in [6.45, 7) is 13.1. The first-order chi connectivity index (χ1) is 11.4. The third kappa shape index (κ3) is 3.21. The van der Waals surface area contributed by atoms with Crippen LogP contribution in [-0.2, 0) is 0 Å². The molecule has 0 saturated carbocycles. The maximum atomic E-state index is 4.23. The third-order valence-electron chi connectivity index (χ3n) is 4.51. The fourth-order valence-electron chi connectivity index (χ4n) is 2.94. The lowest BCUT2D eigenvalue weighted by Crippen LogP contribution is -2.20. The lowest BCUT2D eigenvalue weighted by atomic mass is 9.84. The van der Waals surface area contributed by atoms with Crippen LogP contribution >= 0.6 is 0 Å². The van der Waals surface area contributed by atoms with E-state index in [1.54, 1.807) is 0 Å². The zero-order valence-corrected chi connectivity index (χ0v) is 15.0. The average Bonchev–Trinajstić information content (AvgIpc) is 2.55. The highest BCUT2D eigenvalue weighted by Crippen LogP contribution is 2.34. The fraction of sp³-hybridized carbons (Fsp3) is 0.217. The van der Waals surface area contributed by atoms with Crippen LogP contribution in [-0.4, -0.2) is 11.3 Å². The summed E-state index contributed by atoms with van der Waals surface area (Å²) in [6.07, 6.45) is 6.54. The Kier molecular flexibility index (Phi) is 4.19. The van der Waals surface area contributed by atoms with Crippen LogP contribution in [0.4, 0.5) is 0 Å². The normalized spacial score (nSPS) is 14.8. The number of hydrogen-bond donors (Lipinski definition) is 0. The van der Waals surface area contributed by atoms with E-state index in [1.807, 2.05) is 10.6 Å². The van der Waals surface area contributed by atoms with Crippen molar-refractivity contribution in [1.82, 2.24) is 0 Å². The van der Waals surface area contributed by atoms with E-state index in [4.69, 9.17) is 0 Å². The standard InChI is InChI=1S/C23H25N/c1-17-11-12-19(18-9-7-6-8-10-18)15-21(17)22-14-13-20(16-24(22)5)23(2,3)4/h6-16H,5H2,1-4H3. The topological polar surface area (TPSA) is 3.01 Å². The van der Waals surface area contributed by atoms with Gasteiger partial charge in [0, 0.05) is 0 Å². The third-order valence-corrected chi connectivity index (χ3v) is 4.51. The van der Waals surface area contributed by atoms with E-state index in [2.05, 4.69) is 95.2 Å². The molecule has 2 aromatic carbocycles. The first-order valence-electron chi connectivity index (χ1n) is 8.40. The zero-order chi connectivity index (χ0) is 17.3. The van der Waals surface area contributed by atoms with Crippen LogP contribution in [0, 0.1) is 18.4 Å². The maximum Gasteiger partial charge on any atom is 0.147 e. The first-order valence-corrected chi connectivity index (χ1v) is 8.40. The van der Waals surface area contributed by atoms with Gasteiger partial charge in [-0.1, -0.05) is 87.9 Å². The summed E-state index contributed by atoms with van der Waals surface area (Å²) >= 11 is 0. The van der Waals surface area contributed by atoms with Gasteiger partial charge in [-0.05, 0) is 33.8 Å². The number of benzene rings is 2. The molecule has 2 aromatic rings. The molecule has 3 rings (SSSR count). The van der Waals surface area contributed by atoms with Gasteiger partial charge in [-0.15, -0.1) is 0 Å². The Bertz CT molecular complexity index is 817. The van der Waals surface area contributed by atoms with E-state index in [0.29, 0.717) is 0 Å². The summed E-state index contributed by atoms with van der Waals surface area (Å²) in [5.41, 5.74) is 6.37. The van der Waals surface area contributed by atoms with Gasteiger partial charge >= 0.3 is 0 Å². The van der Waals surface area contributed by atoms with Gasteiger partial charge in [-0.25, -0.2) is 0 Å². The molecule has 0 radical (unpaired) electrons. The molecular weight excluding hydrogens is 290 g/mol. The second-order valence-electron chi connectivity index (χ2n) is 7.42. The predicted molar refractivity (Wildman–Crippen MR) is 103 cm³/mol. The lowest BCUT2D eigenvalue weighted by Gasteiger charge is -2.27. The van der Waals surface area contributed by atoms with Crippen LogP contribution in [0.25, 0.3) is 11.1 Å². The Morgan fingerprint density at radius 1 is 0.958 bits per heavy atom. The van der Waals surface area contributed by atoms with Gasteiger partial charge in [0.05, 0.1) is 6.72 Å². The second kappa shape index (κ2) is 6.16. The molecule has 24 heavy (non-hydrogen) atoms. The summed E-state index contributed by atoms with van der Waals surface area (Å²) in [7, 11) is 0. The van der Waals surface area contributed by atoms with Crippen LogP contribution in [0.1, 0.15) is 31.9 Å². The van der Waals surface area contributed by atoms with Crippen molar-refractivity contribution in [3.05, 3.63) is 89.6 Å². The van der Waals surface area contributed by atoms with E-state index < -0.39 is 0 Å². The molecule has 0 aliphatic carbocycles. The summed E-state index contributed by atoms with van der Waals surface area (Å²) in [6, 6.07) is 18.3. The van der Waals surface area contributed by atoms with Crippen LogP contribution in [0.2, 0.25) is 0 Å². The molecule has 0 aromatic heterocycles. The molecule has 0 saturated heterocycles. The summed E-state index contributed by atoms with van der Waals surface area (Å²) in [5, 5.41) is 0. The van der Waals surface area contributed by atoms with Gasteiger partial charge in [0.15, 0.2) is 0 Å². The molecule has 0 unspecified atom stereocenters. The van der Waals surface area contributed by atoms with Crippen LogP contribution in [0.5, 0.6) is 0 Å². The quantitative estimate of drug-likeness (QED) is 0.490. The van der Waals surface area contributed by atoms with Crippen LogP contribution in [0.15, 0.2) is 72.5 Å². The van der Waals surface area contributed by atoms with E-state index in [0.717, 1.165) is 6.04 Å². The summed E-state index contributed by atoms with van der Waals surface area (Å²) in [5.74, 6) is 0. The highest BCUT2D eigenvalue weighted by molar-refractivity contribution is 5.66. The van der Waals surface area contributed by atoms with Gasteiger partial charge in [0.1, 0.15) is 12.2 Å². The van der Waals surface area contributed by atoms with E-state index in [9.17, 15) is 0 Å². The molecule has 0 atom stereocenters. The molecule has 1 aliphatic heterocycles. The molecule has 0 fully saturated rings. The monoisotopic (exact) mass is 315 g/mol. The lowest BCUT2D eigenvalue weighted by molar-refractivity contribution is -0.419. The van der Waals surface area contributed by atoms with Crippen molar-refractivity contribution in [3.8, 4) is 11.1 Å². The van der Waals surface area contributed by atoms with Crippen molar-refractivity contribution in [2.75, 3.05) is 0 Å². The molecular formula is C23H25N.